The molecule has 16 heavy (non-hydrogen) atoms. The molecular weight excluding hydrogens is 208 g/mol. The van der Waals surface area contributed by atoms with E-state index in [-0.39, 0.29) is 12.6 Å². The number of carbonyl (C=O) groups excluding carboxylic acids is 2. The second-order valence-electron chi connectivity index (χ2n) is 3.46. The Balaban J connectivity index is 2.38. The van der Waals surface area contributed by atoms with E-state index in [1.807, 2.05) is 0 Å². The molecular formula is C11H14N2O3. The number of rotatable bonds is 3. The molecule has 1 N–H and O–H groups in total. The Morgan fingerprint density at radius 1 is 1.44 bits per heavy atom. The van der Waals surface area contributed by atoms with Crippen LogP contribution < -0.4 is 5.32 Å². The highest BCUT2D eigenvalue weighted by Crippen LogP contribution is 1.93. The fourth-order valence-electron chi connectivity index (χ4n) is 1.01. The Morgan fingerprint density at radius 2 is 2.19 bits per heavy atom. The number of amides is 1. The highest BCUT2D eigenvalue weighted by molar-refractivity contribution is 6.32. The Bertz CT molecular complexity index is 363. The van der Waals surface area contributed by atoms with Crippen molar-refractivity contribution in [1.29, 1.82) is 0 Å². The quantitative estimate of drug-likeness (QED) is 0.602. The van der Waals surface area contributed by atoms with Crippen LogP contribution >= 0.6 is 0 Å². The molecule has 1 rings (SSSR count). The Kier molecular flexibility index (Phi) is 4.44. The van der Waals surface area contributed by atoms with Crippen LogP contribution in [0.4, 0.5) is 0 Å². The van der Waals surface area contributed by atoms with E-state index >= 15 is 0 Å². The first kappa shape index (κ1) is 12.2. The van der Waals surface area contributed by atoms with Crippen molar-refractivity contribution >= 4 is 11.9 Å². The predicted octanol–water partition coefficient (Wildman–Crippen LogP) is 0.649. The molecule has 0 radical (unpaired) electrons. The molecule has 0 saturated heterocycles. The van der Waals surface area contributed by atoms with Gasteiger partial charge >= 0.3 is 11.9 Å². The van der Waals surface area contributed by atoms with Gasteiger partial charge in [0.2, 0.25) is 0 Å². The third-order valence-corrected chi connectivity index (χ3v) is 1.68. The van der Waals surface area contributed by atoms with Crippen LogP contribution in [0.2, 0.25) is 0 Å². The van der Waals surface area contributed by atoms with Crippen molar-refractivity contribution in [2.45, 2.75) is 26.5 Å². The van der Waals surface area contributed by atoms with Gasteiger partial charge in [0.05, 0.1) is 18.3 Å². The summed E-state index contributed by atoms with van der Waals surface area (Å²) in [5.41, 5.74) is 0.688. The van der Waals surface area contributed by atoms with Gasteiger partial charge < -0.3 is 10.1 Å². The van der Waals surface area contributed by atoms with Crippen LogP contribution in [0.15, 0.2) is 24.4 Å². The molecule has 1 aromatic rings. The fourth-order valence-corrected chi connectivity index (χ4v) is 1.01. The van der Waals surface area contributed by atoms with E-state index in [1.54, 1.807) is 38.2 Å². The maximum Gasteiger partial charge on any atom is 0.397 e. The molecule has 0 fully saturated rings. The van der Waals surface area contributed by atoms with Crippen LogP contribution in [0.1, 0.15) is 19.5 Å². The van der Waals surface area contributed by atoms with Crippen LogP contribution in [0.3, 0.4) is 0 Å². The molecule has 5 heteroatoms. The summed E-state index contributed by atoms with van der Waals surface area (Å²) < 4.78 is 4.73. The zero-order chi connectivity index (χ0) is 12.0. The lowest BCUT2D eigenvalue weighted by atomic mass is 10.3. The lowest BCUT2D eigenvalue weighted by Gasteiger charge is -2.07. The summed E-state index contributed by atoms with van der Waals surface area (Å²) in [7, 11) is 0. The van der Waals surface area contributed by atoms with Crippen molar-refractivity contribution < 1.29 is 14.3 Å². The summed E-state index contributed by atoms with van der Waals surface area (Å²) in [5.74, 6) is -1.62. The van der Waals surface area contributed by atoms with Crippen molar-refractivity contribution in [2.24, 2.45) is 0 Å². The molecule has 1 amide bonds. The zero-order valence-corrected chi connectivity index (χ0v) is 9.27. The van der Waals surface area contributed by atoms with Crippen LogP contribution in [0.5, 0.6) is 0 Å². The number of nitrogens with zero attached hydrogens (tertiary/aromatic N) is 1. The largest absolute Gasteiger partial charge is 0.456 e. The van der Waals surface area contributed by atoms with E-state index in [0.29, 0.717) is 5.69 Å². The minimum atomic E-state index is -0.870. The summed E-state index contributed by atoms with van der Waals surface area (Å²) in [4.78, 5) is 26.4. The second-order valence-corrected chi connectivity index (χ2v) is 3.46. The Hall–Kier alpha value is -1.91. The summed E-state index contributed by atoms with van der Waals surface area (Å²) in [5, 5.41) is 2.43. The number of carbonyl (C=O) groups is 2. The van der Waals surface area contributed by atoms with E-state index in [9.17, 15) is 9.59 Å². The maximum absolute atomic E-state index is 11.2. The van der Waals surface area contributed by atoms with E-state index in [0.717, 1.165) is 0 Å². The van der Waals surface area contributed by atoms with Crippen molar-refractivity contribution in [3.05, 3.63) is 30.1 Å². The van der Waals surface area contributed by atoms with Crippen LogP contribution in [0, 0.1) is 0 Å². The topological polar surface area (TPSA) is 68.3 Å². The third kappa shape index (κ3) is 4.08. The van der Waals surface area contributed by atoms with Gasteiger partial charge in [-0.15, -0.1) is 0 Å². The Labute approximate surface area is 93.8 Å². The Morgan fingerprint density at radius 3 is 2.75 bits per heavy atom. The first-order valence-electron chi connectivity index (χ1n) is 4.98. The highest BCUT2D eigenvalue weighted by Gasteiger charge is 2.15. The second kappa shape index (κ2) is 5.85. The van der Waals surface area contributed by atoms with E-state index < -0.39 is 11.9 Å². The van der Waals surface area contributed by atoms with Crippen molar-refractivity contribution in [2.75, 3.05) is 0 Å². The van der Waals surface area contributed by atoms with Crippen LogP contribution in [0.25, 0.3) is 0 Å². The number of pyridine rings is 1. The molecule has 5 nitrogen and oxygen atoms in total. The number of ether oxygens (including phenoxy) is 1. The van der Waals surface area contributed by atoms with Gasteiger partial charge in [0.1, 0.15) is 0 Å². The van der Waals surface area contributed by atoms with Crippen molar-refractivity contribution in [3.63, 3.8) is 0 Å². The first-order valence-corrected chi connectivity index (χ1v) is 4.98. The van der Waals surface area contributed by atoms with Gasteiger partial charge in [-0.25, -0.2) is 4.79 Å². The molecule has 0 bridgehead atoms. The van der Waals surface area contributed by atoms with E-state index in [2.05, 4.69) is 10.3 Å². The van der Waals surface area contributed by atoms with Crippen molar-refractivity contribution in [1.82, 2.24) is 10.3 Å². The minimum Gasteiger partial charge on any atom is -0.456 e. The van der Waals surface area contributed by atoms with Gasteiger partial charge in [0.15, 0.2) is 0 Å². The molecule has 0 atom stereocenters. The number of hydrogen-bond acceptors (Lipinski definition) is 4. The summed E-state index contributed by atoms with van der Waals surface area (Å²) in [6, 6.07) is 5.34. The summed E-state index contributed by atoms with van der Waals surface area (Å²) in [6.45, 7) is 3.58. The molecule has 0 spiro atoms. The number of esters is 1. The monoisotopic (exact) mass is 222 g/mol. The average molecular weight is 222 g/mol. The molecule has 0 aliphatic heterocycles. The normalized spacial score (nSPS) is 9.94. The van der Waals surface area contributed by atoms with Gasteiger partial charge in [-0.05, 0) is 26.0 Å². The molecule has 1 heterocycles. The lowest BCUT2D eigenvalue weighted by molar-refractivity contribution is -0.157. The SMILES string of the molecule is CC(C)OC(=O)C(=O)NCc1ccccn1. The van der Waals surface area contributed by atoms with Crippen LogP contribution in [-0.4, -0.2) is 23.0 Å². The van der Waals surface area contributed by atoms with Crippen molar-refractivity contribution in [3.8, 4) is 0 Å². The fraction of sp³-hybridized carbons (Fsp3) is 0.364. The zero-order valence-electron chi connectivity index (χ0n) is 9.27. The van der Waals surface area contributed by atoms with E-state index in [1.165, 1.54) is 0 Å². The smallest absolute Gasteiger partial charge is 0.397 e. The van der Waals surface area contributed by atoms with Crippen LogP contribution in [-0.2, 0) is 20.9 Å². The standard InChI is InChI=1S/C11H14N2O3/c1-8(2)16-11(15)10(14)13-7-9-5-3-4-6-12-9/h3-6,8H,7H2,1-2H3,(H,13,14). The maximum atomic E-state index is 11.2. The highest BCUT2D eigenvalue weighted by atomic mass is 16.5. The number of nitrogens with one attached hydrogen (secondary N) is 1. The van der Waals surface area contributed by atoms with Gasteiger partial charge in [0.25, 0.3) is 0 Å². The van der Waals surface area contributed by atoms with Gasteiger partial charge in [0, 0.05) is 6.20 Å². The molecule has 86 valence electrons. The molecule has 1 aromatic heterocycles. The van der Waals surface area contributed by atoms with Gasteiger partial charge in [-0.2, -0.15) is 0 Å². The lowest BCUT2D eigenvalue weighted by Crippen LogP contribution is -2.33. The molecule has 0 aromatic carbocycles. The van der Waals surface area contributed by atoms with E-state index in [4.69, 9.17) is 4.74 Å². The molecule has 0 saturated carbocycles. The minimum absolute atomic E-state index is 0.215. The van der Waals surface area contributed by atoms with Gasteiger partial charge in [-0.1, -0.05) is 6.07 Å². The summed E-state index contributed by atoms with van der Waals surface area (Å²) in [6.07, 6.45) is 1.32. The number of hydrogen-bond donors (Lipinski definition) is 1. The molecule has 0 aliphatic rings. The third-order valence-electron chi connectivity index (χ3n) is 1.68. The first-order chi connectivity index (χ1) is 7.59. The average Bonchev–Trinajstić information content (AvgIpc) is 2.26. The summed E-state index contributed by atoms with van der Waals surface area (Å²) >= 11 is 0. The predicted molar refractivity (Wildman–Crippen MR) is 57.3 cm³/mol. The molecule has 0 aliphatic carbocycles. The molecule has 0 unspecified atom stereocenters. The van der Waals surface area contributed by atoms with Gasteiger partial charge in [-0.3, -0.25) is 9.78 Å². The number of aromatic nitrogens is 1.